The summed E-state index contributed by atoms with van der Waals surface area (Å²) in [5.41, 5.74) is -0.886. The van der Waals surface area contributed by atoms with Gasteiger partial charge in [0.25, 0.3) is 6.43 Å². The van der Waals surface area contributed by atoms with Crippen LogP contribution >= 0.6 is 0 Å². The van der Waals surface area contributed by atoms with Crippen molar-refractivity contribution < 1.29 is 18.7 Å². The maximum absolute atomic E-state index is 12.1. The van der Waals surface area contributed by atoms with Gasteiger partial charge in [0.2, 0.25) is 0 Å². The number of carboxylic acids is 1. The normalized spacial score (nSPS) is 18.8. The zero-order chi connectivity index (χ0) is 14.5. The van der Waals surface area contributed by atoms with Gasteiger partial charge in [-0.05, 0) is 52.6 Å². The molecular weight excluding hydrogens is 254 g/mol. The summed E-state index contributed by atoms with van der Waals surface area (Å²) >= 11 is 0. The molecule has 19 heavy (non-hydrogen) atoms. The first-order chi connectivity index (χ1) is 8.83. The highest BCUT2D eigenvalue weighted by Crippen LogP contribution is 2.25. The first-order valence-corrected chi connectivity index (χ1v) is 6.81. The molecule has 0 spiro atoms. The minimum atomic E-state index is -2.31. The zero-order valence-electron chi connectivity index (χ0n) is 11.7. The molecule has 6 heteroatoms. The number of nitrogens with zero attached hydrogens (tertiary/aromatic N) is 1. The van der Waals surface area contributed by atoms with Gasteiger partial charge < -0.3 is 10.0 Å². The van der Waals surface area contributed by atoms with E-state index in [0.717, 1.165) is 25.7 Å². The summed E-state index contributed by atoms with van der Waals surface area (Å²) in [5.74, 6) is -0.833. The van der Waals surface area contributed by atoms with Gasteiger partial charge in [-0.25, -0.2) is 8.78 Å². The molecule has 1 saturated carbocycles. The average molecular weight is 278 g/mol. The molecule has 1 rings (SSSR count). The van der Waals surface area contributed by atoms with Crippen LogP contribution in [0.25, 0.3) is 0 Å². The molecule has 1 fully saturated rings. The summed E-state index contributed by atoms with van der Waals surface area (Å²) in [5, 5.41) is 12.4. The van der Waals surface area contributed by atoms with E-state index in [1.54, 1.807) is 18.9 Å². The maximum Gasteiger partial charge on any atom is 0.323 e. The summed E-state index contributed by atoms with van der Waals surface area (Å²) in [6.45, 7) is 2.05. The highest BCUT2D eigenvalue weighted by atomic mass is 19.3. The minimum Gasteiger partial charge on any atom is -0.480 e. The van der Waals surface area contributed by atoms with E-state index >= 15 is 0 Å². The number of halogens is 2. The Labute approximate surface area is 113 Å². The molecule has 4 nitrogen and oxygen atoms in total. The summed E-state index contributed by atoms with van der Waals surface area (Å²) in [4.78, 5) is 12.9. The third-order valence-electron chi connectivity index (χ3n) is 3.49. The smallest absolute Gasteiger partial charge is 0.323 e. The van der Waals surface area contributed by atoms with Crippen molar-refractivity contribution in [2.75, 3.05) is 20.1 Å². The van der Waals surface area contributed by atoms with Crippen LogP contribution in [-0.2, 0) is 4.79 Å². The maximum atomic E-state index is 12.1. The lowest BCUT2D eigenvalue weighted by atomic mass is 9.94. The van der Waals surface area contributed by atoms with Crippen LogP contribution in [0.15, 0.2) is 0 Å². The number of unbranched alkanes of at least 4 members (excludes halogenated alkanes) is 1. The molecule has 2 N–H and O–H groups in total. The Hall–Kier alpha value is -0.750. The van der Waals surface area contributed by atoms with Crippen molar-refractivity contribution >= 4 is 5.97 Å². The van der Waals surface area contributed by atoms with Gasteiger partial charge in [-0.2, -0.15) is 0 Å². The van der Waals surface area contributed by atoms with Gasteiger partial charge in [-0.3, -0.25) is 10.1 Å². The zero-order valence-corrected chi connectivity index (χ0v) is 11.7. The predicted molar refractivity (Wildman–Crippen MR) is 69.6 cm³/mol. The van der Waals surface area contributed by atoms with Crippen LogP contribution in [0.4, 0.5) is 8.78 Å². The van der Waals surface area contributed by atoms with E-state index in [4.69, 9.17) is 0 Å². The van der Waals surface area contributed by atoms with Crippen molar-refractivity contribution in [3.63, 3.8) is 0 Å². The Balaban J connectivity index is 2.22. The van der Waals surface area contributed by atoms with Crippen molar-refractivity contribution in [2.24, 2.45) is 0 Å². The molecule has 1 atom stereocenters. The standard InChI is InChI=1S/C13H24F2N2O2/c1-13(12(18)19,16-10-5-6-10)7-3-4-8-17(2)9-11(14)15/h10-11,16H,3-9H2,1-2H3,(H,18,19). The Morgan fingerprint density at radius 1 is 1.47 bits per heavy atom. The van der Waals surface area contributed by atoms with E-state index in [1.165, 1.54) is 0 Å². The lowest BCUT2D eigenvalue weighted by Crippen LogP contribution is -2.50. The van der Waals surface area contributed by atoms with Crippen molar-refractivity contribution in [2.45, 2.75) is 57.0 Å². The van der Waals surface area contributed by atoms with Crippen molar-refractivity contribution in [3.05, 3.63) is 0 Å². The average Bonchev–Trinajstić information content (AvgIpc) is 3.07. The first kappa shape index (κ1) is 16.3. The SMILES string of the molecule is CN(CCCCC(C)(NC1CC1)C(=O)O)CC(F)F. The first-order valence-electron chi connectivity index (χ1n) is 6.81. The van der Waals surface area contributed by atoms with Gasteiger partial charge in [0.05, 0.1) is 6.54 Å². The predicted octanol–water partition coefficient (Wildman–Crippen LogP) is 1.95. The van der Waals surface area contributed by atoms with E-state index in [1.807, 2.05) is 0 Å². The Morgan fingerprint density at radius 3 is 2.58 bits per heavy atom. The molecule has 0 aromatic carbocycles. The third kappa shape index (κ3) is 6.29. The van der Waals surface area contributed by atoms with Crippen LogP contribution in [0.3, 0.4) is 0 Å². The van der Waals surface area contributed by atoms with Crippen molar-refractivity contribution in [1.29, 1.82) is 0 Å². The Kier molecular flexibility index (Phi) is 6.13. The number of aliphatic carboxylic acids is 1. The molecular formula is C13H24F2N2O2. The van der Waals surface area contributed by atoms with Crippen LogP contribution in [0, 0.1) is 0 Å². The molecule has 0 bridgehead atoms. The van der Waals surface area contributed by atoms with E-state index < -0.39 is 17.9 Å². The highest BCUT2D eigenvalue weighted by molar-refractivity contribution is 5.78. The molecule has 0 aromatic heterocycles. The van der Waals surface area contributed by atoms with Gasteiger partial charge >= 0.3 is 5.97 Å². The summed E-state index contributed by atoms with van der Waals surface area (Å²) < 4.78 is 24.2. The van der Waals surface area contributed by atoms with E-state index in [0.29, 0.717) is 19.0 Å². The molecule has 0 aliphatic heterocycles. The summed E-state index contributed by atoms with van der Waals surface area (Å²) in [6.07, 6.45) is 1.75. The number of carboxylic acid groups (broad SMARTS) is 1. The third-order valence-corrected chi connectivity index (χ3v) is 3.49. The number of hydrogen-bond acceptors (Lipinski definition) is 3. The Morgan fingerprint density at radius 2 is 2.11 bits per heavy atom. The van der Waals surface area contributed by atoms with Crippen LogP contribution in [0.2, 0.25) is 0 Å². The van der Waals surface area contributed by atoms with Crippen LogP contribution in [-0.4, -0.2) is 54.1 Å². The van der Waals surface area contributed by atoms with Crippen molar-refractivity contribution in [1.82, 2.24) is 10.2 Å². The molecule has 1 aliphatic carbocycles. The number of carbonyl (C=O) groups is 1. The fourth-order valence-electron chi connectivity index (χ4n) is 2.11. The van der Waals surface area contributed by atoms with Gasteiger partial charge in [0, 0.05) is 6.04 Å². The molecule has 0 amide bonds. The second-order valence-electron chi connectivity index (χ2n) is 5.67. The lowest BCUT2D eigenvalue weighted by Gasteiger charge is -2.26. The quantitative estimate of drug-likeness (QED) is 0.600. The van der Waals surface area contributed by atoms with Gasteiger partial charge in [0.1, 0.15) is 5.54 Å². The van der Waals surface area contributed by atoms with Gasteiger partial charge in [0.15, 0.2) is 0 Å². The number of rotatable bonds is 10. The second-order valence-corrected chi connectivity index (χ2v) is 5.67. The molecule has 1 aliphatic rings. The number of alkyl halides is 2. The fourth-order valence-corrected chi connectivity index (χ4v) is 2.11. The number of nitrogens with one attached hydrogen (secondary N) is 1. The number of hydrogen-bond donors (Lipinski definition) is 2. The lowest BCUT2D eigenvalue weighted by molar-refractivity contribution is -0.144. The molecule has 0 radical (unpaired) electrons. The van der Waals surface area contributed by atoms with Crippen LogP contribution in [0.1, 0.15) is 39.0 Å². The van der Waals surface area contributed by atoms with Crippen LogP contribution in [0.5, 0.6) is 0 Å². The molecule has 0 aromatic rings. The van der Waals surface area contributed by atoms with Crippen LogP contribution < -0.4 is 5.32 Å². The van der Waals surface area contributed by atoms with Gasteiger partial charge in [-0.15, -0.1) is 0 Å². The van der Waals surface area contributed by atoms with Gasteiger partial charge in [-0.1, -0.05) is 0 Å². The molecule has 1 unspecified atom stereocenters. The second kappa shape index (κ2) is 7.14. The summed E-state index contributed by atoms with van der Waals surface area (Å²) in [6, 6.07) is 0.336. The van der Waals surface area contributed by atoms with E-state index in [9.17, 15) is 18.7 Å². The monoisotopic (exact) mass is 278 g/mol. The molecule has 0 heterocycles. The van der Waals surface area contributed by atoms with Crippen molar-refractivity contribution in [3.8, 4) is 0 Å². The van der Waals surface area contributed by atoms with E-state index in [-0.39, 0.29) is 6.54 Å². The summed E-state index contributed by atoms with van der Waals surface area (Å²) in [7, 11) is 1.66. The Bertz CT molecular complexity index is 298. The largest absolute Gasteiger partial charge is 0.480 e. The van der Waals surface area contributed by atoms with E-state index in [2.05, 4.69) is 5.32 Å². The topological polar surface area (TPSA) is 52.6 Å². The minimum absolute atomic E-state index is 0.226. The molecule has 0 saturated heterocycles. The fraction of sp³-hybridized carbons (Fsp3) is 0.923. The molecule has 112 valence electrons. The highest BCUT2D eigenvalue weighted by Gasteiger charge is 2.37.